The van der Waals surface area contributed by atoms with Gasteiger partial charge in [0.25, 0.3) is 0 Å². The Labute approximate surface area is 163 Å². The number of hydrogen-bond donors (Lipinski definition) is 2. The summed E-state index contributed by atoms with van der Waals surface area (Å²) in [6.45, 7) is 2.50. The molecule has 7 heteroatoms. The van der Waals surface area contributed by atoms with Crippen molar-refractivity contribution < 1.29 is 13.9 Å². The number of aromatic nitrogens is 2. The van der Waals surface area contributed by atoms with Crippen molar-refractivity contribution in [3.8, 4) is 11.5 Å². The molecule has 0 bridgehead atoms. The maximum absolute atomic E-state index is 13.4. The van der Waals surface area contributed by atoms with Crippen molar-refractivity contribution in [3.05, 3.63) is 65.7 Å². The third kappa shape index (κ3) is 5.09. The second-order valence-electron chi connectivity index (χ2n) is 6.19. The summed E-state index contributed by atoms with van der Waals surface area (Å²) in [7, 11) is 3.24. The van der Waals surface area contributed by atoms with Crippen LogP contribution in [0.15, 0.2) is 48.5 Å². The Balaban J connectivity index is 1.64. The average molecular weight is 382 g/mol. The van der Waals surface area contributed by atoms with E-state index in [-0.39, 0.29) is 5.82 Å². The maximum atomic E-state index is 13.4. The number of rotatable bonds is 8. The standard InChI is InChI=1S/C21H23FN4O2/c1-14-24-20(13-21(25-14)26-17-6-4-5-16(22)12-17)23-10-9-15-7-8-18(27-2)19(11-15)28-3/h4-8,11-13H,9-10H2,1-3H3,(H2,23,24,25,26). The highest BCUT2D eigenvalue weighted by atomic mass is 19.1. The maximum Gasteiger partial charge on any atom is 0.160 e. The Morgan fingerprint density at radius 2 is 1.71 bits per heavy atom. The highest BCUT2D eigenvalue weighted by Gasteiger charge is 2.06. The molecule has 2 N–H and O–H groups in total. The number of benzene rings is 2. The van der Waals surface area contributed by atoms with Gasteiger partial charge in [0.2, 0.25) is 0 Å². The van der Waals surface area contributed by atoms with Crippen LogP contribution >= 0.6 is 0 Å². The van der Waals surface area contributed by atoms with Crippen LogP contribution in [0.4, 0.5) is 21.7 Å². The molecule has 0 fully saturated rings. The Morgan fingerprint density at radius 3 is 2.46 bits per heavy atom. The van der Waals surface area contributed by atoms with E-state index in [0.717, 1.165) is 12.0 Å². The van der Waals surface area contributed by atoms with Crippen molar-refractivity contribution in [3.63, 3.8) is 0 Å². The quantitative estimate of drug-likeness (QED) is 0.604. The molecule has 0 spiro atoms. The minimum atomic E-state index is -0.302. The van der Waals surface area contributed by atoms with Gasteiger partial charge in [-0.25, -0.2) is 14.4 Å². The van der Waals surface area contributed by atoms with Gasteiger partial charge in [-0.15, -0.1) is 0 Å². The first kappa shape index (κ1) is 19.4. The predicted octanol–water partition coefficient (Wildman–Crippen LogP) is 4.34. The zero-order valence-corrected chi connectivity index (χ0v) is 16.1. The fourth-order valence-corrected chi connectivity index (χ4v) is 2.81. The molecule has 1 heterocycles. The van der Waals surface area contributed by atoms with Crippen LogP contribution in [0.3, 0.4) is 0 Å². The molecule has 0 amide bonds. The molecule has 146 valence electrons. The molecular weight excluding hydrogens is 359 g/mol. The molecule has 2 aromatic carbocycles. The predicted molar refractivity (Wildman–Crippen MR) is 108 cm³/mol. The second kappa shape index (κ2) is 9.03. The first-order chi connectivity index (χ1) is 13.6. The molecule has 0 unspecified atom stereocenters. The van der Waals surface area contributed by atoms with Crippen molar-refractivity contribution in [1.29, 1.82) is 0 Å². The van der Waals surface area contributed by atoms with Gasteiger partial charge >= 0.3 is 0 Å². The van der Waals surface area contributed by atoms with Crippen molar-refractivity contribution in [2.75, 3.05) is 31.4 Å². The van der Waals surface area contributed by atoms with E-state index in [1.54, 1.807) is 32.4 Å². The van der Waals surface area contributed by atoms with Gasteiger partial charge in [0.1, 0.15) is 23.3 Å². The van der Waals surface area contributed by atoms with Crippen molar-refractivity contribution in [2.24, 2.45) is 0 Å². The average Bonchev–Trinajstić information content (AvgIpc) is 2.67. The van der Waals surface area contributed by atoms with Crippen molar-refractivity contribution >= 4 is 17.3 Å². The Kier molecular flexibility index (Phi) is 6.26. The first-order valence-electron chi connectivity index (χ1n) is 8.90. The van der Waals surface area contributed by atoms with Gasteiger partial charge in [0.05, 0.1) is 14.2 Å². The molecule has 3 aromatic rings. The molecule has 0 saturated carbocycles. The molecule has 1 aromatic heterocycles. The van der Waals surface area contributed by atoms with Gasteiger partial charge in [0, 0.05) is 18.3 Å². The minimum absolute atomic E-state index is 0.302. The van der Waals surface area contributed by atoms with E-state index in [4.69, 9.17) is 9.47 Å². The number of methoxy groups -OCH3 is 2. The van der Waals surface area contributed by atoms with Gasteiger partial charge in [-0.2, -0.15) is 0 Å². The van der Waals surface area contributed by atoms with Gasteiger partial charge in [-0.05, 0) is 49.2 Å². The Morgan fingerprint density at radius 1 is 0.929 bits per heavy atom. The van der Waals surface area contributed by atoms with Crippen LogP contribution in [0.2, 0.25) is 0 Å². The Hall–Kier alpha value is -3.35. The monoisotopic (exact) mass is 382 g/mol. The summed E-state index contributed by atoms with van der Waals surface area (Å²) in [5, 5.41) is 6.40. The van der Waals surface area contributed by atoms with E-state index in [9.17, 15) is 4.39 Å². The lowest BCUT2D eigenvalue weighted by Gasteiger charge is -2.12. The van der Waals surface area contributed by atoms with Crippen LogP contribution in [0, 0.1) is 12.7 Å². The van der Waals surface area contributed by atoms with Gasteiger partial charge < -0.3 is 20.1 Å². The fraction of sp³-hybridized carbons (Fsp3) is 0.238. The number of anilines is 3. The van der Waals surface area contributed by atoms with Crippen LogP contribution in [0.25, 0.3) is 0 Å². The number of nitrogens with one attached hydrogen (secondary N) is 2. The Bertz CT molecular complexity index is 949. The van der Waals surface area contributed by atoms with Crippen LogP contribution < -0.4 is 20.1 Å². The normalized spacial score (nSPS) is 10.4. The van der Waals surface area contributed by atoms with E-state index < -0.39 is 0 Å². The lowest BCUT2D eigenvalue weighted by molar-refractivity contribution is 0.354. The summed E-state index contributed by atoms with van der Waals surface area (Å²) < 4.78 is 24.0. The highest BCUT2D eigenvalue weighted by molar-refractivity contribution is 5.59. The summed E-state index contributed by atoms with van der Waals surface area (Å²) in [4.78, 5) is 8.76. The SMILES string of the molecule is COc1ccc(CCNc2cc(Nc3cccc(F)c3)nc(C)n2)cc1OC. The third-order valence-electron chi connectivity index (χ3n) is 4.10. The smallest absolute Gasteiger partial charge is 0.160 e. The molecule has 0 atom stereocenters. The summed E-state index contributed by atoms with van der Waals surface area (Å²) in [6.07, 6.45) is 0.788. The lowest BCUT2D eigenvalue weighted by Crippen LogP contribution is -2.08. The van der Waals surface area contributed by atoms with E-state index in [0.29, 0.717) is 41.2 Å². The van der Waals surface area contributed by atoms with E-state index >= 15 is 0 Å². The van der Waals surface area contributed by atoms with Crippen LogP contribution in [-0.4, -0.2) is 30.7 Å². The van der Waals surface area contributed by atoms with Gasteiger partial charge in [-0.1, -0.05) is 12.1 Å². The molecule has 28 heavy (non-hydrogen) atoms. The van der Waals surface area contributed by atoms with Crippen LogP contribution in [0.5, 0.6) is 11.5 Å². The first-order valence-corrected chi connectivity index (χ1v) is 8.90. The molecule has 6 nitrogen and oxygen atoms in total. The molecule has 0 aliphatic rings. The third-order valence-corrected chi connectivity index (χ3v) is 4.10. The summed E-state index contributed by atoms with van der Waals surface area (Å²) >= 11 is 0. The molecule has 0 aliphatic carbocycles. The topological polar surface area (TPSA) is 68.3 Å². The number of nitrogens with zero attached hydrogens (tertiary/aromatic N) is 2. The number of aryl methyl sites for hydroxylation is 1. The van der Waals surface area contributed by atoms with Crippen LogP contribution in [0.1, 0.15) is 11.4 Å². The number of halogens is 1. The summed E-state index contributed by atoms with van der Waals surface area (Å²) in [5.41, 5.74) is 1.75. The largest absolute Gasteiger partial charge is 0.493 e. The van der Waals surface area contributed by atoms with E-state index in [1.165, 1.54) is 12.1 Å². The fourth-order valence-electron chi connectivity index (χ4n) is 2.81. The van der Waals surface area contributed by atoms with Crippen molar-refractivity contribution in [2.45, 2.75) is 13.3 Å². The molecule has 3 rings (SSSR count). The lowest BCUT2D eigenvalue weighted by atomic mass is 10.1. The second-order valence-corrected chi connectivity index (χ2v) is 6.19. The summed E-state index contributed by atoms with van der Waals surface area (Å²) in [5.74, 6) is 3.04. The molecule has 0 saturated heterocycles. The van der Waals surface area contributed by atoms with Crippen LogP contribution in [-0.2, 0) is 6.42 Å². The van der Waals surface area contributed by atoms with E-state index in [1.807, 2.05) is 25.1 Å². The number of ether oxygens (including phenoxy) is 2. The molecule has 0 aliphatic heterocycles. The summed E-state index contributed by atoms with van der Waals surface area (Å²) in [6, 6.07) is 13.9. The van der Waals surface area contributed by atoms with Gasteiger partial charge in [-0.3, -0.25) is 0 Å². The van der Waals surface area contributed by atoms with Gasteiger partial charge in [0.15, 0.2) is 11.5 Å². The molecule has 0 radical (unpaired) electrons. The zero-order chi connectivity index (χ0) is 19.9. The number of hydrogen-bond acceptors (Lipinski definition) is 6. The van der Waals surface area contributed by atoms with E-state index in [2.05, 4.69) is 20.6 Å². The zero-order valence-electron chi connectivity index (χ0n) is 16.1. The minimum Gasteiger partial charge on any atom is -0.493 e. The van der Waals surface area contributed by atoms with Crippen molar-refractivity contribution in [1.82, 2.24) is 9.97 Å². The molecular formula is C21H23FN4O2. The highest BCUT2D eigenvalue weighted by Crippen LogP contribution is 2.27.